The number of nitrogens with zero attached hydrogens (tertiary/aromatic N) is 1. The fourth-order valence-electron chi connectivity index (χ4n) is 3.24. The van der Waals surface area contributed by atoms with Crippen molar-refractivity contribution in [2.24, 2.45) is 5.92 Å². The number of benzene rings is 2. The van der Waals surface area contributed by atoms with Crippen LogP contribution < -0.4 is 9.46 Å². The van der Waals surface area contributed by atoms with Crippen LogP contribution in [0.4, 0.5) is 0 Å². The Morgan fingerprint density at radius 3 is 2.38 bits per heavy atom. The number of nitrogens with one attached hydrogen (secondary N) is 1. The average molecular weight is 437 g/mol. The largest absolute Gasteiger partial charge is 0.484 e. The Hall–Kier alpha value is -2.09. The molecule has 0 saturated carbocycles. The maximum Gasteiger partial charge on any atom is 0.260 e. The Morgan fingerprint density at radius 2 is 1.72 bits per heavy atom. The van der Waals surface area contributed by atoms with Gasteiger partial charge in [0.15, 0.2) is 6.61 Å². The maximum absolute atomic E-state index is 12.3. The first-order valence-electron chi connectivity index (χ1n) is 9.59. The third-order valence-electron chi connectivity index (χ3n) is 4.93. The zero-order valence-corrected chi connectivity index (χ0v) is 17.7. The highest BCUT2D eigenvalue weighted by Gasteiger charge is 2.24. The molecule has 156 valence electrons. The van der Waals surface area contributed by atoms with Gasteiger partial charge in [0, 0.05) is 24.7 Å². The smallest absolute Gasteiger partial charge is 0.260 e. The van der Waals surface area contributed by atoms with Crippen LogP contribution >= 0.6 is 11.6 Å². The average Bonchev–Trinajstić information content (AvgIpc) is 2.73. The number of likely N-dealkylation sites (tertiary alicyclic amines) is 1. The van der Waals surface area contributed by atoms with E-state index in [2.05, 4.69) is 4.72 Å². The molecule has 0 bridgehead atoms. The number of hydrogen-bond donors (Lipinski definition) is 1. The molecule has 1 amide bonds. The Balaban J connectivity index is 1.39. The lowest BCUT2D eigenvalue weighted by Gasteiger charge is -2.32. The molecular weight excluding hydrogens is 412 g/mol. The van der Waals surface area contributed by atoms with Crippen molar-refractivity contribution in [1.82, 2.24) is 9.62 Å². The molecule has 1 N–H and O–H groups in total. The molecule has 29 heavy (non-hydrogen) atoms. The van der Waals surface area contributed by atoms with Crippen LogP contribution in [0.1, 0.15) is 18.4 Å². The predicted molar refractivity (Wildman–Crippen MR) is 113 cm³/mol. The Bertz CT molecular complexity index is 896. The minimum atomic E-state index is -3.41. The molecule has 6 nitrogen and oxygen atoms in total. The van der Waals surface area contributed by atoms with Crippen molar-refractivity contribution >= 4 is 27.5 Å². The lowest BCUT2D eigenvalue weighted by Crippen LogP contribution is -2.43. The SMILES string of the molecule is O=C(COc1ccccc1)N1CCC(CNS(=O)(=O)Cc2ccc(Cl)cc2)CC1. The summed E-state index contributed by atoms with van der Waals surface area (Å²) in [6, 6.07) is 16.0. The van der Waals surface area contributed by atoms with Gasteiger partial charge in [-0.3, -0.25) is 4.79 Å². The first-order chi connectivity index (χ1) is 13.9. The molecule has 8 heteroatoms. The lowest BCUT2D eigenvalue weighted by atomic mass is 9.97. The van der Waals surface area contributed by atoms with Gasteiger partial charge in [0.1, 0.15) is 5.75 Å². The quantitative estimate of drug-likeness (QED) is 0.690. The molecule has 2 aromatic rings. The van der Waals surface area contributed by atoms with Gasteiger partial charge in [0.25, 0.3) is 5.91 Å². The minimum absolute atomic E-state index is 0.0163. The van der Waals surface area contributed by atoms with Gasteiger partial charge in [-0.2, -0.15) is 0 Å². The van der Waals surface area contributed by atoms with Crippen molar-refractivity contribution in [2.75, 3.05) is 26.2 Å². The first kappa shape index (κ1) is 21.6. The Labute approximate surface area is 176 Å². The zero-order chi connectivity index (χ0) is 20.7. The molecule has 1 saturated heterocycles. The second-order valence-corrected chi connectivity index (χ2v) is 9.40. The summed E-state index contributed by atoms with van der Waals surface area (Å²) in [6.07, 6.45) is 1.53. The topological polar surface area (TPSA) is 75.7 Å². The standard InChI is InChI=1S/C21H25ClN2O4S/c22-19-8-6-18(7-9-19)16-29(26,27)23-14-17-10-12-24(13-11-17)21(25)15-28-20-4-2-1-3-5-20/h1-9,17,23H,10-16H2. The molecule has 0 atom stereocenters. The molecule has 0 aliphatic carbocycles. The number of carbonyl (C=O) groups excluding carboxylic acids is 1. The van der Waals surface area contributed by atoms with Crippen molar-refractivity contribution in [2.45, 2.75) is 18.6 Å². The number of piperidine rings is 1. The van der Waals surface area contributed by atoms with Gasteiger partial charge in [0.2, 0.25) is 10.0 Å². The lowest BCUT2D eigenvalue weighted by molar-refractivity contribution is -0.134. The molecular formula is C21H25ClN2O4S. The summed E-state index contributed by atoms with van der Waals surface area (Å²) in [7, 11) is -3.41. The van der Waals surface area contributed by atoms with Gasteiger partial charge in [-0.1, -0.05) is 41.9 Å². The third-order valence-corrected chi connectivity index (χ3v) is 6.51. The van der Waals surface area contributed by atoms with Crippen LogP contribution in [0.25, 0.3) is 0 Å². The molecule has 0 unspecified atom stereocenters. The van der Waals surface area contributed by atoms with Crippen LogP contribution in [0.5, 0.6) is 5.75 Å². The third kappa shape index (κ3) is 7.03. The number of carbonyl (C=O) groups is 1. The molecule has 3 rings (SSSR count). The van der Waals surface area contributed by atoms with Crippen molar-refractivity contribution < 1.29 is 17.9 Å². The van der Waals surface area contributed by atoms with Gasteiger partial charge in [-0.05, 0) is 48.6 Å². The van der Waals surface area contributed by atoms with E-state index in [1.54, 1.807) is 29.2 Å². The van der Waals surface area contributed by atoms with E-state index in [-0.39, 0.29) is 24.2 Å². The van der Waals surface area contributed by atoms with Crippen molar-refractivity contribution in [3.8, 4) is 5.75 Å². The van der Waals surface area contributed by atoms with Crippen LogP contribution in [0, 0.1) is 5.92 Å². The highest BCUT2D eigenvalue weighted by Crippen LogP contribution is 2.18. The van der Waals surface area contributed by atoms with E-state index in [1.165, 1.54) is 0 Å². The number of ether oxygens (including phenoxy) is 1. The summed E-state index contributed by atoms with van der Waals surface area (Å²) >= 11 is 5.83. The van der Waals surface area contributed by atoms with Gasteiger partial charge in [-0.15, -0.1) is 0 Å². The number of halogens is 1. The number of amides is 1. The van der Waals surface area contributed by atoms with Gasteiger partial charge in [0.05, 0.1) is 5.75 Å². The van der Waals surface area contributed by atoms with E-state index in [0.29, 0.717) is 36.0 Å². The Morgan fingerprint density at radius 1 is 1.07 bits per heavy atom. The first-order valence-corrected chi connectivity index (χ1v) is 11.6. The molecule has 0 spiro atoms. The summed E-state index contributed by atoms with van der Waals surface area (Å²) < 4.78 is 32.8. The molecule has 1 heterocycles. The van der Waals surface area contributed by atoms with E-state index in [4.69, 9.17) is 16.3 Å². The van der Waals surface area contributed by atoms with E-state index in [9.17, 15) is 13.2 Å². The number of rotatable bonds is 8. The van der Waals surface area contributed by atoms with Gasteiger partial charge >= 0.3 is 0 Å². The van der Waals surface area contributed by atoms with Crippen LogP contribution in [0.15, 0.2) is 54.6 Å². The van der Waals surface area contributed by atoms with Crippen molar-refractivity contribution in [3.05, 3.63) is 65.2 Å². The predicted octanol–water partition coefficient (Wildman–Crippen LogP) is 3.08. The highest BCUT2D eigenvalue weighted by atomic mass is 35.5. The fourth-order valence-corrected chi connectivity index (χ4v) is 4.58. The summed E-state index contributed by atoms with van der Waals surface area (Å²) in [5.74, 6) is 0.772. The fraction of sp³-hybridized carbons (Fsp3) is 0.381. The monoisotopic (exact) mass is 436 g/mol. The molecule has 2 aromatic carbocycles. The van der Waals surface area contributed by atoms with Crippen molar-refractivity contribution in [3.63, 3.8) is 0 Å². The highest BCUT2D eigenvalue weighted by molar-refractivity contribution is 7.88. The summed E-state index contributed by atoms with van der Waals surface area (Å²) in [5.41, 5.74) is 0.695. The van der Waals surface area contributed by atoms with Crippen LogP contribution in [0.3, 0.4) is 0 Å². The van der Waals surface area contributed by atoms with Crippen LogP contribution in [-0.2, 0) is 20.6 Å². The molecule has 1 aliphatic rings. The van der Waals surface area contributed by atoms with E-state index < -0.39 is 10.0 Å². The zero-order valence-electron chi connectivity index (χ0n) is 16.1. The summed E-state index contributed by atoms with van der Waals surface area (Å²) in [4.78, 5) is 14.1. The summed E-state index contributed by atoms with van der Waals surface area (Å²) in [5, 5.41) is 0.578. The number of sulfonamides is 1. The number of para-hydroxylation sites is 1. The molecule has 1 aliphatic heterocycles. The van der Waals surface area contributed by atoms with Gasteiger partial charge < -0.3 is 9.64 Å². The second kappa shape index (κ2) is 10.1. The number of hydrogen-bond acceptors (Lipinski definition) is 4. The normalized spacial score (nSPS) is 15.3. The minimum Gasteiger partial charge on any atom is -0.484 e. The van der Waals surface area contributed by atoms with Crippen LogP contribution in [0.2, 0.25) is 5.02 Å². The van der Waals surface area contributed by atoms with E-state index in [1.807, 2.05) is 30.3 Å². The van der Waals surface area contributed by atoms with Gasteiger partial charge in [-0.25, -0.2) is 13.1 Å². The Kier molecular flexibility index (Phi) is 7.52. The molecule has 1 fully saturated rings. The maximum atomic E-state index is 12.3. The van der Waals surface area contributed by atoms with E-state index in [0.717, 1.165) is 12.8 Å². The second-order valence-electron chi connectivity index (χ2n) is 7.16. The van der Waals surface area contributed by atoms with Crippen LogP contribution in [-0.4, -0.2) is 45.5 Å². The van der Waals surface area contributed by atoms with Crippen molar-refractivity contribution in [1.29, 1.82) is 0 Å². The molecule has 0 radical (unpaired) electrons. The molecule has 0 aromatic heterocycles. The summed E-state index contributed by atoms with van der Waals surface area (Å²) in [6.45, 7) is 1.63. The van der Waals surface area contributed by atoms with E-state index >= 15 is 0 Å².